The van der Waals surface area contributed by atoms with Crippen molar-refractivity contribution < 1.29 is 0 Å². The first-order valence-electron chi connectivity index (χ1n) is 6.37. The zero-order chi connectivity index (χ0) is 13.9. The number of hydrogen-bond donors (Lipinski definition) is 1. The summed E-state index contributed by atoms with van der Waals surface area (Å²) in [7, 11) is 0. The summed E-state index contributed by atoms with van der Waals surface area (Å²) in [6.45, 7) is 6.54. The molecule has 0 saturated heterocycles. The van der Waals surface area contributed by atoms with Crippen LogP contribution in [0.25, 0.3) is 0 Å². The molecular formula is C16H19ClN2. The van der Waals surface area contributed by atoms with Crippen molar-refractivity contribution in [2.75, 3.05) is 5.32 Å². The molecule has 1 heterocycles. The molecule has 3 heteroatoms. The number of benzene rings is 1. The van der Waals surface area contributed by atoms with Crippen molar-refractivity contribution in [3.63, 3.8) is 0 Å². The van der Waals surface area contributed by atoms with E-state index in [0.29, 0.717) is 5.88 Å². The summed E-state index contributed by atoms with van der Waals surface area (Å²) in [4.78, 5) is 4.45. The molecule has 1 aromatic heterocycles. The number of nitrogens with zero attached hydrogens (tertiary/aromatic N) is 1. The molecule has 2 rings (SSSR count). The molecule has 0 aliphatic carbocycles. The first kappa shape index (κ1) is 13.9. The maximum Gasteiger partial charge on any atom is 0.130 e. The lowest BCUT2D eigenvalue weighted by molar-refractivity contribution is 0.587. The highest BCUT2D eigenvalue weighted by Crippen LogP contribution is 2.23. The maximum absolute atomic E-state index is 5.83. The predicted molar refractivity (Wildman–Crippen MR) is 82.2 cm³/mol. The summed E-state index contributed by atoms with van der Waals surface area (Å²) >= 11 is 5.83. The lowest BCUT2D eigenvalue weighted by Crippen LogP contribution is -2.11. The second-order valence-electron chi connectivity index (χ2n) is 5.64. The van der Waals surface area contributed by atoms with Crippen LogP contribution in [0.5, 0.6) is 0 Å². The smallest absolute Gasteiger partial charge is 0.130 e. The van der Waals surface area contributed by atoms with Crippen molar-refractivity contribution >= 4 is 23.1 Å². The summed E-state index contributed by atoms with van der Waals surface area (Å²) in [6.07, 6.45) is 1.92. The second kappa shape index (κ2) is 5.62. The zero-order valence-corrected chi connectivity index (χ0v) is 12.3. The molecule has 0 radical (unpaired) electrons. The zero-order valence-electron chi connectivity index (χ0n) is 11.6. The van der Waals surface area contributed by atoms with Crippen molar-refractivity contribution in [1.29, 1.82) is 0 Å². The summed E-state index contributed by atoms with van der Waals surface area (Å²) in [5.41, 5.74) is 3.46. The third kappa shape index (κ3) is 3.71. The highest BCUT2D eigenvalue weighted by Gasteiger charge is 2.13. The van der Waals surface area contributed by atoms with Gasteiger partial charge in [0.1, 0.15) is 5.82 Å². The van der Waals surface area contributed by atoms with Gasteiger partial charge >= 0.3 is 0 Å². The standard InChI is InChI=1S/C16H19ClN2/c1-16(2,3)13-7-8-15(18-11-13)19-14-6-4-5-12(9-14)10-17/h4-9,11H,10H2,1-3H3,(H,18,19). The second-order valence-corrected chi connectivity index (χ2v) is 5.91. The van der Waals surface area contributed by atoms with E-state index >= 15 is 0 Å². The first-order valence-corrected chi connectivity index (χ1v) is 6.91. The Hall–Kier alpha value is -1.54. The highest BCUT2D eigenvalue weighted by atomic mass is 35.5. The molecule has 19 heavy (non-hydrogen) atoms. The molecule has 0 aliphatic heterocycles. The Labute approximate surface area is 119 Å². The Morgan fingerprint density at radius 1 is 1.16 bits per heavy atom. The quantitative estimate of drug-likeness (QED) is 0.809. The fourth-order valence-corrected chi connectivity index (χ4v) is 1.96. The number of pyridine rings is 1. The van der Waals surface area contributed by atoms with Crippen molar-refractivity contribution in [2.45, 2.75) is 32.1 Å². The Kier molecular flexibility index (Phi) is 4.11. The van der Waals surface area contributed by atoms with Gasteiger partial charge in [-0.2, -0.15) is 0 Å². The van der Waals surface area contributed by atoms with Crippen LogP contribution in [0.2, 0.25) is 0 Å². The Bertz CT molecular complexity index is 541. The lowest BCUT2D eigenvalue weighted by atomic mass is 9.88. The Morgan fingerprint density at radius 3 is 2.53 bits per heavy atom. The number of rotatable bonds is 3. The van der Waals surface area contributed by atoms with Crippen LogP contribution < -0.4 is 5.32 Å². The van der Waals surface area contributed by atoms with E-state index in [1.54, 1.807) is 0 Å². The summed E-state index contributed by atoms with van der Waals surface area (Å²) in [5.74, 6) is 1.37. The van der Waals surface area contributed by atoms with Gasteiger partial charge < -0.3 is 5.32 Å². The van der Waals surface area contributed by atoms with Gasteiger partial charge in [0.05, 0.1) is 0 Å². The van der Waals surface area contributed by atoms with Gasteiger partial charge in [0.25, 0.3) is 0 Å². The molecular weight excluding hydrogens is 256 g/mol. The number of hydrogen-bond acceptors (Lipinski definition) is 2. The van der Waals surface area contributed by atoms with Crippen LogP contribution in [0.3, 0.4) is 0 Å². The minimum absolute atomic E-state index is 0.129. The van der Waals surface area contributed by atoms with Gasteiger partial charge in [-0.15, -0.1) is 11.6 Å². The lowest BCUT2D eigenvalue weighted by Gasteiger charge is -2.18. The van der Waals surface area contributed by atoms with E-state index in [9.17, 15) is 0 Å². The van der Waals surface area contributed by atoms with Gasteiger partial charge in [0, 0.05) is 17.8 Å². The molecule has 2 nitrogen and oxygen atoms in total. The topological polar surface area (TPSA) is 24.9 Å². The van der Waals surface area contributed by atoms with Gasteiger partial charge in [0.2, 0.25) is 0 Å². The van der Waals surface area contributed by atoms with E-state index < -0.39 is 0 Å². The molecule has 0 atom stereocenters. The number of nitrogens with one attached hydrogen (secondary N) is 1. The molecule has 0 amide bonds. The fraction of sp³-hybridized carbons (Fsp3) is 0.312. The van der Waals surface area contributed by atoms with Crippen LogP contribution in [0.4, 0.5) is 11.5 Å². The summed E-state index contributed by atoms with van der Waals surface area (Å²) in [6, 6.07) is 12.2. The molecule has 100 valence electrons. The normalized spacial score (nSPS) is 11.4. The molecule has 1 aromatic carbocycles. The maximum atomic E-state index is 5.83. The van der Waals surface area contributed by atoms with Crippen molar-refractivity contribution in [3.8, 4) is 0 Å². The summed E-state index contributed by atoms with van der Waals surface area (Å²) < 4.78 is 0. The third-order valence-electron chi connectivity index (χ3n) is 2.98. The van der Waals surface area contributed by atoms with Gasteiger partial charge in [-0.1, -0.05) is 39.0 Å². The van der Waals surface area contributed by atoms with E-state index in [1.165, 1.54) is 5.56 Å². The van der Waals surface area contributed by atoms with E-state index in [4.69, 9.17) is 11.6 Å². The van der Waals surface area contributed by atoms with E-state index in [0.717, 1.165) is 17.1 Å². The molecule has 0 aliphatic rings. The highest BCUT2D eigenvalue weighted by molar-refractivity contribution is 6.17. The summed E-state index contributed by atoms with van der Waals surface area (Å²) in [5, 5.41) is 3.29. The van der Waals surface area contributed by atoms with E-state index in [1.807, 2.05) is 36.5 Å². The molecule has 0 spiro atoms. The number of anilines is 2. The fourth-order valence-electron chi connectivity index (χ4n) is 1.79. The van der Waals surface area contributed by atoms with Crippen molar-refractivity contribution in [1.82, 2.24) is 4.98 Å². The SMILES string of the molecule is CC(C)(C)c1ccc(Nc2cccc(CCl)c2)nc1. The minimum atomic E-state index is 0.129. The average Bonchev–Trinajstić information content (AvgIpc) is 2.38. The van der Waals surface area contributed by atoms with Crippen LogP contribution in [0.1, 0.15) is 31.9 Å². The molecule has 2 aromatic rings. The van der Waals surface area contributed by atoms with Gasteiger partial charge in [-0.3, -0.25) is 0 Å². The number of halogens is 1. The van der Waals surface area contributed by atoms with Crippen LogP contribution in [0.15, 0.2) is 42.6 Å². The molecule has 1 N–H and O–H groups in total. The van der Waals surface area contributed by atoms with Gasteiger partial charge in [0.15, 0.2) is 0 Å². The molecule has 0 saturated carbocycles. The monoisotopic (exact) mass is 274 g/mol. The third-order valence-corrected chi connectivity index (χ3v) is 3.29. The predicted octanol–water partition coefficient (Wildman–Crippen LogP) is 4.86. The van der Waals surface area contributed by atoms with E-state index in [-0.39, 0.29) is 5.41 Å². The Balaban J connectivity index is 2.15. The molecule has 0 bridgehead atoms. The minimum Gasteiger partial charge on any atom is -0.340 e. The van der Waals surface area contributed by atoms with Crippen molar-refractivity contribution in [2.24, 2.45) is 0 Å². The van der Waals surface area contributed by atoms with Crippen LogP contribution in [-0.4, -0.2) is 4.98 Å². The van der Waals surface area contributed by atoms with Crippen LogP contribution >= 0.6 is 11.6 Å². The van der Waals surface area contributed by atoms with Crippen LogP contribution in [-0.2, 0) is 11.3 Å². The molecule has 0 fully saturated rings. The van der Waals surface area contributed by atoms with E-state index in [2.05, 4.69) is 37.1 Å². The Morgan fingerprint density at radius 2 is 1.95 bits per heavy atom. The van der Waals surface area contributed by atoms with Gasteiger partial charge in [-0.25, -0.2) is 4.98 Å². The number of aromatic nitrogens is 1. The first-order chi connectivity index (χ1) is 8.99. The number of alkyl halides is 1. The average molecular weight is 275 g/mol. The van der Waals surface area contributed by atoms with Gasteiger partial charge in [-0.05, 0) is 34.7 Å². The largest absolute Gasteiger partial charge is 0.340 e. The van der Waals surface area contributed by atoms with Crippen molar-refractivity contribution in [3.05, 3.63) is 53.7 Å². The van der Waals surface area contributed by atoms with Crippen LogP contribution in [0, 0.1) is 0 Å². The molecule has 0 unspecified atom stereocenters.